The van der Waals surface area contributed by atoms with Gasteiger partial charge in [-0.1, -0.05) is 53.7 Å². The van der Waals surface area contributed by atoms with Crippen LogP contribution in [0.25, 0.3) is 16.6 Å². The van der Waals surface area contributed by atoms with E-state index in [9.17, 15) is 9.59 Å². The first-order valence-corrected chi connectivity index (χ1v) is 11.5. The van der Waals surface area contributed by atoms with E-state index in [2.05, 4.69) is 5.32 Å². The Morgan fingerprint density at radius 1 is 1.09 bits per heavy atom. The van der Waals surface area contributed by atoms with Gasteiger partial charge in [-0.25, -0.2) is 4.98 Å². The van der Waals surface area contributed by atoms with Crippen molar-refractivity contribution in [2.24, 2.45) is 0 Å². The molecule has 0 saturated heterocycles. The van der Waals surface area contributed by atoms with Crippen LogP contribution in [-0.4, -0.2) is 27.8 Å². The Bertz CT molecular complexity index is 1400. The third-order valence-corrected chi connectivity index (χ3v) is 6.71. The molecule has 4 rings (SSSR count). The van der Waals surface area contributed by atoms with Crippen molar-refractivity contribution in [2.45, 2.75) is 24.3 Å². The molecule has 1 atom stereocenters. The molecule has 0 spiro atoms. The molecule has 1 aromatic heterocycles. The molecule has 1 N–H and O–H groups in total. The van der Waals surface area contributed by atoms with Crippen LogP contribution < -0.4 is 15.6 Å². The van der Waals surface area contributed by atoms with Crippen molar-refractivity contribution < 1.29 is 9.53 Å². The SMILES string of the molecule is COc1ccccc1-n1c(SC(C)C(=O)Nc2cccc(Cl)c2C)nc2ccccc2c1=O. The Balaban J connectivity index is 1.76. The molecule has 4 aromatic rings. The molecular weight excluding hydrogens is 458 g/mol. The zero-order valence-corrected chi connectivity index (χ0v) is 19.9. The van der Waals surface area contributed by atoms with Gasteiger partial charge in [-0.05, 0) is 55.8 Å². The zero-order chi connectivity index (χ0) is 23.5. The highest BCUT2D eigenvalue weighted by atomic mass is 35.5. The Morgan fingerprint density at radius 3 is 2.61 bits per heavy atom. The summed E-state index contributed by atoms with van der Waals surface area (Å²) in [4.78, 5) is 31.2. The molecular formula is C25H22ClN3O3S. The van der Waals surface area contributed by atoms with Gasteiger partial charge in [-0.3, -0.25) is 14.2 Å². The van der Waals surface area contributed by atoms with E-state index in [1.165, 1.54) is 16.3 Å². The number of carbonyl (C=O) groups is 1. The van der Waals surface area contributed by atoms with E-state index in [0.717, 1.165) is 5.56 Å². The molecule has 1 unspecified atom stereocenters. The van der Waals surface area contributed by atoms with Crippen molar-refractivity contribution in [3.05, 3.63) is 87.7 Å². The number of rotatable bonds is 6. The van der Waals surface area contributed by atoms with Gasteiger partial charge < -0.3 is 10.1 Å². The number of fused-ring (bicyclic) bond motifs is 1. The third-order valence-electron chi connectivity index (χ3n) is 5.25. The van der Waals surface area contributed by atoms with Gasteiger partial charge in [-0.15, -0.1) is 0 Å². The summed E-state index contributed by atoms with van der Waals surface area (Å²) in [5.74, 6) is 0.310. The molecule has 0 saturated carbocycles. The Labute approximate surface area is 200 Å². The summed E-state index contributed by atoms with van der Waals surface area (Å²) in [5.41, 5.74) is 2.33. The molecule has 0 radical (unpaired) electrons. The summed E-state index contributed by atoms with van der Waals surface area (Å²) in [5, 5.41) is 3.84. The second-order valence-corrected chi connectivity index (χ2v) is 9.10. The number of carbonyl (C=O) groups excluding carboxylic acids is 1. The highest BCUT2D eigenvalue weighted by Gasteiger charge is 2.22. The maximum absolute atomic E-state index is 13.5. The van der Waals surface area contributed by atoms with Gasteiger partial charge in [0.1, 0.15) is 5.75 Å². The molecule has 0 fully saturated rings. The zero-order valence-electron chi connectivity index (χ0n) is 18.3. The number of hydrogen-bond acceptors (Lipinski definition) is 5. The molecule has 0 bridgehead atoms. The summed E-state index contributed by atoms with van der Waals surface area (Å²) in [6, 6.07) is 19.7. The van der Waals surface area contributed by atoms with Crippen LogP contribution in [0.4, 0.5) is 5.69 Å². The lowest BCUT2D eigenvalue weighted by molar-refractivity contribution is -0.115. The normalized spacial score (nSPS) is 11.9. The number of amides is 1. The Kier molecular flexibility index (Phi) is 6.72. The second kappa shape index (κ2) is 9.68. The van der Waals surface area contributed by atoms with E-state index in [0.29, 0.717) is 38.2 Å². The monoisotopic (exact) mass is 479 g/mol. The van der Waals surface area contributed by atoms with E-state index in [1.807, 2.05) is 25.1 Å². The average Bonchev–Trinajstić information content (AvgIpc) is 2.82. The molecule has 3 aromatic carbocycles. The Hall–Kier alpha value is -3.29. The largest absolute Gasteiger partial charge is 0.495 e. The lowest BCUT2D eigenvalue weighted by atomic mass is 10.2. The van der Waals surface area contributed by atoms with Crippen LogP contribution in [0.15, 0.2) is 76.7 Å². The molecule has 33 heavy (non-hydrogen) atoms. The summed E-state index contributed by atoms with van der Waals surface area (Å²) in [6.45, 7) is 3.62. The van der Waals surface area contributed by atoms with E-state index in [1.54, 1.807) is 62.6 Å². The predicted molar refractivity (Wildman–Crippen MR) is 134 cm³/mol. The first-order chi connectivity index (χ1) is 15.9. The molecule has 0 aliphatic heterocycles. The van der Waals surface area contributed by atoms with Crippen molar-refractivity contribution in [1.82, 2.24) is 9.55 Å². The molecule has 6 nitrogen and oxygen atoms in total. The van der Waals surface area contributed by atoms with Gasteiger partial charge in [0.25, 0.3) is 5.56 Å². The number of hydrogen-bond donors (Lipinski definition) is 1. The van der Waals surface area contributed by atoms with Gasteiger partial charge in [0.2, 0.25) is 5.91 Å². The number of para-hydroxylation sites is 3. The molecule has 168 valence electrons. The topological polar surface area (TPSA) is 73.2 Å². The first-order valence-electron chi connectivity index (χ1n) is 10.3. The minimum Gasteiger partial charge on any atom is -0.495 e. The van der Waals surface area contributed by atoms with Crippen LogP contribution in [0.2, 0.25) is 5.02 Å². The van der Waals surface area contributed by atoms with E-state index < -0.39 is 5.25 Å². The van der Waals surface area contributed by atoms with E-state index in [-0.39, 0.29) is 11.5 Å². The fraction of sp³-hybridized carbons (Fsp3) is 0.160. The number of halogens is 1. The summed E-state index contributed by atoms with van der Waals surface area (Å²) in [6.07, 6.45) is 0. The lowest BCUT2D eigenvalue weighted by Gasteiger charge is -2.18. The molecule has 0 aliphatic carbocycles. The van der Waals surface area contributed by atoms with Crippen molar-refractivity contribution in [3.8, 4) is 11.4 Å². The highest BCUT2D eigenvalue weighted by Crippen LogP contribution is 2.30. The van der Waals surface area contributed by atoms with Crippen LogP contribution in [0.3, 0.4) is 0 Å². The van der Waals surface area contributed by atoms with Gasteiger partial charge in [0.15, 0.2) is 5.16 Å². The fourth-order valence-electron chi connectivity index (χ4n) is 3.41. The maximum Gasteiger partial charge on any atom is 0.266 e. The molecule has 8 heteroatoms. The quantitative estimate of drug-likeness (QED) is 0.293. The van der Waals surface area contributed by atoms with Crippen molar-refractivity contribution >= 4 is 45.9 Å². The number of nitrogens with one attached hydrogen (secondary N) is 1. The second-order valence-electron chi connectivity index (χ2n) is 7.39. The minimum absolute atomic E-state index is 0.223. The summed E-state index contributed by atoms with van der Waals surface area (Å²) < 4.78 is 6.99. The van der Waals surface area contributed by atoms with Crippen LogP contribution in [0.1, 0.15) is 12.5 Å². The van der Waals surface area contributed by atoms with Gasteiger partial charge in [0.05, 0.1) is 29.0 Å². The van der Waals surface area contributed by atoms with Crippen molar-refractivity contribution in [1.29, 1.82) is 0 Å². The predicted octanol–water partition coefficient (Wildman–Crippen LogP) is 5.48. The van der Waals surface area contributed by atoms with Gasteiger partial charge in [0, 0.05) is 10.7 Å². The summed E-state index contributed by atoms with van der Waals surface area (Å²) in [7, 11) is 1.55. The van der Waals surface area contributed by atoms with Crippen LogP contribution in [-0.2, 0) is 4.79 Å². The highest BCUT2D eigenvalue weighted by molar-refractivity contribution is 8.00. The standard InChI is InChI=1S/C25H22ClN3O3S/c1-15-18(26)10-8-12-19(15)27-23(30)16(2)33-25-28-20-11-5-4-9-17(20)24(31)29(25)21-13-6-7-14-22(21)32-3/h4-14,16H,1-3H3,(H,27,30). The number of ether oxygens (including phenoxy) is 1. The Morgan fingerprint density at radius 2 is 1.82 bits per heavy atom. The van der Waals surface area contributed by atoms with Crippen molar-refractivity contribution in [2.75, 3.05) is 12.4 Å². The number of nitrogens with zero attached hydrogens (tertiary/aromatic N) is 2. The fourth-order valence-corrected chi connectivity index (χ4v) is 4.50. The first kappa shape index (κ1) is 22.9. The smallest absolute Gasteiger partial charge is 0.266 e. The molecule has 0 aliphatic rings. The van der Waals surface area contributed by atoms with E-state index >= 15 is 0 Å². The lowest BCUT2D eigenvalue weighted by Crippen LogP contribution is -2.26. The van der Waals surface area contributed by atoms with Crippen LogP contribution in [0.5, 0.6) is 5.75 Å². The minimum atomic E-state index is -0.544. The average molecular weight is 480 g/mol. The molecule has 1 amide bonds. The van der Waals surface area contributed by atoms with Gasteiger partial charge >= 0.3 is 0 Å². The summed E-state index contributed by atoms with van der Waals surface area (Å²) >= 11 is 7.38. The van der Waals surface area contributed by atoms with Crippen LogP contribution >= 0.6 is 23.4 Å². The number of benzene rings is 3. The van der Waals surface area contributed by atoms with E-state index in [4.69, 9.17) is 21.3 Å². The molecule has 1 heterocycles. The van der Waals surface area contributed by atoms with Crippen molar-refractivity contribution in [3.63, 3.8) is 0 Å². The number of aromatic nitrogens is 2. The van der Waals surface area contributed by atoms with Crippen LogP contribution in [0, 0.1) is 6.92 Å². The maximum atomic E-state index is 13.5. The third kappa shape index (κ3) is 4.60. The number of thioether (sulfide) groups is 1. The van der Waals surface area contributed by atoms with Gasteiger partial charge in [-0.2, -0.15) is 0 Å². The number of methoxy groups -OCH3 is 1. The number of anilines is 1.